The zero-order chi connectivity index (χ0) is 9.30. The molecule has 0 spiro atoms. The molecule has 0 aromatic heterocycles. The van der Waals surface area contributed by atoms with E-state index < -0.39 is 23.8 Å². The SMILES string of the molecule is C=C1C[C@H](C(=O)O)[C@H](C(=O)O)C1. The quantitative estimate of drug-likeness (QED) is 0.599. The summed E-state index contributed by atoms with van der Waals surface area (Å²) in [7, 11) is 0. The maximum atomic E-state index is 10.6. The average Bonchev–Trinajstić information content (AvgIpc) is 2.31. The second-order valence-corrected chi connectivity index (χ2v) is 3.05. The summed E-state index contributed by atoms with van der Waals surface area (Å²) in [4.78, 5) is 21.1. The highest BCUT2D eigenvalue weighted by Crippen LogP contribution is 2.35. The van der Waals surface area contributed by atoms with Gasteiger partial charge in [-0.05, 0) is 12.8 Å². The summed E-state index contributed by atoms with van der Waals surface area (Å²) in [6.45, 7) is 3.59. The Balaban J connectivity index is 2.79. The zero-order valence-corrected chi connectivity index (χ0v) is 6.49. The second-order valence-electron chi connectivity index (χ2n) is 3.05. The Morgan fingerprint density at radius 2 is 1.50 bits per heavy atom. The third kappa shape index (κ3) is 1.47. The van der Waals surface area contributed by atoms with E-state index in [0.29, 0.717) is 12.8 Å². The van der Waals surface area contributed by atoms with Gasteiger partial charge in [-0.25, -0.2) is 0 Å². The molecule has 0 heterocycles. The van der Waals surface area contributed by atoms with Crippen molar-refractivity contribution in [2.24, 2.45) is 11.8 Å². The number of carboxylic acids is 2. The van der Waals surface area contributed by atoms with Crippen LogP contribution in [0.2, 0.25) is 0 Å². The highest BCUT2D eigenvalue weighted by Gasteiger charge is 2.39. The van der Waals surface area contributed by atoms with Crippen LogP contribution in [0.1, 0.15) is 12.8 Å². The topological polar surface area (TPSA) is 74.6 Å². The van der Waals surface area contributed by atoms with E-state index in [-0.39, 0.29) is 0 Å². The summed E-state index contributed by atoms with van der Waals surface area (Å²) in [5, 5.41) is 17.3. The number of hydrogen-bond donors (Lipinski definition) is 2. The molecule has 0 saturated heterocycles. The van der Waals surface area contributed by atoms with Crippen LogP contribution in [0.25, 0.3) is 0 Å². The molecule has 1 saturated carbocycles. The molecule has 2 atom stereocenters. The molecule has 0 aliphatic heterocycles. The average molecular weight is 170 g/mol. The molecule has 2 N–H and O–H groups in total. The van der Waals surface area contributed by atoms with E-state index in [1.807, 2.05) is 0 Å². The fourth-order valence-electron chi connectivity index (χ4n) is 1.51. The lowest BCUT2D eigenvalue weighted by molar-refractivity contribution is -0.152. The second kappa shape index (κ2) is 2.97. The number of rotatable bonds is 2. The van der Waals surface area contributed by atoms with Gasteiger partial charge in [0.05, 0.1) is 11.8 Å². The van der Waals surface area contributed by atoms with Crippen LogP contribution in [0, 0.1) is 11.8 Å². The summed E-state index contributed by atoms with van der Waals surface area (Å²) in [5.74, 6) is -3.65. The molecule has 0 aromatic carbocycles. The Bertz CT molecular complexity index is 219. The van der Waals surface area contributed by atoms with Crippen LogP contribution in [0.3, 0.4) is 0 Å². The Morgan fingerprint density at radius 1 is 1.17 bits per heavy atom. The van der Waals surface area contributed by atoms with Gasteiger partial charge in [0.1, 0.15) is 0 Å². The Morgan fingerprint density at radius 3 is 1.75 bits per heavy atom. The molecule has 0 unspecified atom stereocenters. The molecule has 1 rings (SSSR count). The summed E-state index contributed by atoms with van der Waals surface area (Å²) >= 11 is 0. The normalized spacial score (nSPS) is 28.8. The van der Waals surface area contributed by atoms with Crippen molar-refractivity contribution in [2.75, 3.05) is 0 Å². The van der Waals surface area contributed by atoms with E-state index in [2.05, 4.69) is 6.58 Å². The zero-order valence-electron chi connectivity index (χ0n) is 6.49. The van der Waals surface area contributed by atoms with E-state index in [0.717, 1.165) is 5.57 Å². The molecular formula is C8H10O4. The first-order chi connectivity index (χ1) is 5.52. The molecule has 1 fully saturated rings. The Hall–Kier alpha value is -1.32. The van der Waals surface area contributed by atoms with Crippen LogP contribution in [-0.2, 0) is 9.59 Å². The minimum absolute atomic E-state index is 0.298. The van der Waals surface area contributed by atoms with Crippen LogP contribution < -0.4 is 0 Å². The van der Waals surface area contributed by atoms with Crippen LogP contribution in [-0.4, -0.2) is 22.2 Å². The standard InChI is InChI=1S/C8H10O4/c1-4-2-5(7(9)10)6(3-4)8(11)12/h5-6H,1-3H2,(H,9,10)(H,11,12)/t5-,6+. The van der Waals surface area contributed by atoms with E-state index >= 15 is 0 Å². The van der Waals surface area contributed by atoms with Gasteiger partial charge in [0.2, 0.25) is 0 Å². The predicted molar refractivity (Wildman–Crippen MR) is 40.6 cm³/mol. The predicted octanol–water partition coefficient (Wildman–Crippen LogP) is 0.738. The lowest BCUT2D eigenvalue weighted by atomic mass is 9.97. The maximum Gasteiger partial charge on any atom is 0.307 e. The van der Waals surface area contributed by atoms with Gasteiger partial charge in [-0.1, -0.05) is 12.2 Å². The fraction of sp³-hybridized carbons (Fsp3) is 0.500. The third-order valence-corrected chi connectivity index (χ3v) is 2.14. The van der Waals surface area contributed by atoms with Gasteiger partial charge in [-0.15, -0.1) is 0 Å². The molecule has 66 valence electrons. The van der Waals surface area contributed by atoms with E-state index in [1.165, 1.54) is 0 Å². The highest BCUT2D eigenvalue weighted by molar-refractivity contribution is 5.81. The molecule has 0 bridgehead atoms. The smallest absolute Gasteiger partial charge is 0.307 e. The van der Waals surface area contributed by atoms with Crippen molar-refractivity contribution < 1.29 is 19.8 Å². The number of carboxylic acid groups (broad SMARTS) is 2. The van der Waals surface area contributed by atoms with Crippen molar-refractivity contribution in [2.45, 2.75) is 12.8 Å². The lowest BCUT2D eigenvalue weighted by Gasteiger charge is -2.08. The molecular weight excluding hydrogens is 160 g/mol. The minimum atomic E-state index is -1.04. The van der Waals surface area contributed by atoms with Crippen LogP contribution in [0.4, 0.5) is 0 Å². The van der Waals surface area contributed by atoms with Gasteiger partial charge < -0.3 is 10.2 Å². The molecule has 4 heteroatoms. The summed E-state index contributed by atoms with van der Waals surface area (Å²) in [6.07, 6.45) is 0.596. The van der Waals surface area contributed by atoms with E-state index in [1.54, 1.807) is 0 Å². The van der Waals surface area contributed by atoms with Crippen molar-refractivity contribution >= 4 is 11.9 Å². The van der Waals surface area contributed by atoms with Crippen LogP contribution >= 0.6 is 0 Å². The largest absolute Gasteiger partial charge is 0.481 e. The van der Waals surface area contributed by atoms with E-state index in [9.17, 15) is 9.59 Å². The van der Waals surface area contributed by atoms with Crippen LogP contribution in [0.15, 0.2) is 12.2 Å². The summed E-state index contributed by atoms with van der Waals surface area (Å²) < 4.78 is 0. The van der Waals surface area contributed by atoms with Gasteiger partial charge in [0.15, 0.2) is 0 Å². The first kappa shape index (κ1) is 8.77. The fourth-order valence-corrected chi connectivity index (χ4v) is 1.51. The first-order valence-corrected chi connectivity index (χ1v) is 3.64. The lowest BCUT2D eigenvalue weighted by Crippen LogP contribution is -2.24. The number of aliphatic carboxylic acids is 2. The van der Waals surface area contributed by atoms with Crippen LogP contribution in [0.5, 0.6) is 0 Å². The number of allylic oxidation sites excluding steroid dienone is 1. The maximum absolute atomic E-state index is 10.6. The molecule has 0 aromatic rings. The molecule has 1 aliphatic carbocycles. The first-order valence-electron chi connectivity index (χ1n) is 3.64. The van der Waals surface area contributed by atoms with E-state index in [4.69, 9.17) is 10.2 Å². The molecule has 12 heavy (non-hydrogen) atoms. The van der Waals surface area contributed by atoms with Gasteiger partial charge in [0.25, 0.3) is 0 Å². The number of carbonyl (C=O) groups is 2. The third-order valence-electron chi connectivity index (χ3n) is 2.14. The Labute approximate surface area is 69.5 Å². The molecule has 0 amide bonds. The van der Waals surface area contributed by atoms with Crippen molar-refractivity contribution in [1.82, 2.24) is 0 Å². The molecule has 1 aliphatic rings. The van der Waals surface area contributed by atoms with Gasteiger partial charge in [-0.2, -0.15) is 0 Å². The monoisotopic (exact) mass is 170 g/mol. The van der Waals surface area contributed by atoms with Gasteiger partial charge in [0, 0.05) is 0 Å². The molecule has 4 nitrogen and oxygen atoms in total. The van der Waals surface area contributed by atoms with Crippen molar-refractivity contribution in [3.63, 3.8) is 0 Å². The van der Waals surface area contributed by atoms with Crippen molar-refractivity contribution in [1.29, 1.82) is 0 Å². The van der Waals surface area contributed by atoms with Gasteiger partial charge in [-0.3, -0.25) is 9.59 Å². The summed E-state index contributed by atoms with van der Waals surface area (Å²) in [6, 6.07) is 0. The number of hydrogen-bond acceptors (Lipinski definition) is 2. The van der Waals surface area contributed by atoms with Crippen molar-refractivity contribution in [3.8, 4) is 0 Å². The van der Waals surface area contributed by atoms with Crippen molar-refractivity contribution in [3.05, 3.63) is 12.2 Å². The van der Waals surface area contributed by atoms with Gasteiger partial charge >= 0.3 is 11.9 Å². The molecule has 0 radical (unpaired) electrons. The Kier molecular flexibility index (Phi) is 2.17. The minimum Gasteiger partial charge on any atom is -0.481 e. The summed E-state index contributed by atoms with van der Waals surface area (Å²) in [5.41, 5.74) is 0.717. The highest BCUT2D eigenvalue weighted by atomic mass is 16.4.